The maximum atomic E-state index is 12.5. The third kappa shape index (κ3) is 4.37. The number of nitrogens with zero attached hydrogens (tertiary/aromatic N) is 2. The Hall–Kier alpha value is -2.92. The lowest BCUT2D eigenvalue weighted by molar-refractivity contribution is 0.102. The molecule has 1 amide bonds. The molecule has 0 saturated carbocycles. The summed E-state index contributed by atoms with van der Waals surface area (Å²) in [7, 11) is 2.04. The molecule has 0 atom stereocenters. The van der Waals surface area contributed by atoms with Crippen molar-refractivity contribution in [1.82, 2.24) is 10.1 Å². The predicted molar refractivity (Wildman–Crippen MR) is 102 cm³/mol. The van der Waals surface area contributed by atoms with Gasteiger partial charge < -0.3 is 9.84 Å². The van der Waals surface area contributed by atoms with Gasteiger partial charge in [-0.3, -0.25) is 9.69 Å². The number of hydrogen-bond acceptors (Lipinski definition) is 4. The van der Waals surface area contributed by atoms with Crippen LogP contribution >= 0.6 is 0 Å². The van der Waals surface area contributed by atoms with Crippen molar-refractivity contribution in [1.29, 1.82) is 0 Å². The Balaban J connectivity index is 1.66. The SMILES string of the molecule is Cc1noc(C)c1CN(C)Cc1cccc(C(=O)Nc2ccccc2)c1. The zero-order valence-electron chi connectivity index (χ0n) is 15.3. The highest BCUT2D eigenvalue weighted by Crippen LogP contribution is 2.16. The second-order valence-electron chi connectivity index (χ2n) is 6.50. The minimum Gasteiger partial charge on any atom is -0.361 e. The van der Waals surface area contributed by atoms with Crippen LogP contribution in [-0.2, 0) is 13.1 Å². The van der Waals surface area contributed by atoms with E-state index >= 15 is 0 Å². The van der Waals surface area contributed by atoms with Crippen molar-refractivity contribution in [3.63, 3.8) is 0 Å². The Morgan fingerprint density at radius 3 is 2.54 bits per heavy atom. The lowest BCUT2D eigenvalue weighted by Gasteiger charge is -2.17. The second-order valence-corrected chi connectivity index (χ2v) is 6.50. The Morgan fingerprint density at radius 2 is 1.85 bits per heavy atom. The number of nitrogens with one attached hydrogen (secondary N) is 1. The lowest BCUT2D eigenvalue weighted by Crippen LogP contribution is -2.18. The highest BCUT2D eigenvalue weighted by Gasteiger charge is 2.12. The average molecular weight is 349 g/mol. The first kappa shape index (κ1) is 17.9. The van der Waals surface area contributed by atoms with E-state index in [1.165, 1.54) is 0 Å². The van der Waals surface area contributed by atoms with Crippen LogP contribution in [0.3, 0.4) is 0 Å². The molecule has 3 rings (SSSR count). The van der Waals surface area contributed by atoms with Crippen molar-refractivity contribution in [3.05, 3.63) is 82.7 Å². The van der Waals surface area contributed by atoms with Gasteiger partial charge in [0.15, 0.2) is 0 Å². The highest BCUT2D eigenvalue weighted by atomic mass is 16.5. The fraction of sp³-hybridized carbons (Fsp3) is 0.238. The quantitative estimate of drug-likeness (QED) is 0.725. The number of carbonyl (C=O) groups excluding carboxylic acids is 1. The molecule has 0 unspecified atom stereocenters. The summed E-state index contributed by atoms with van der Waals surface area (Å²) in [5.41, 5.74) is 4.56. The van der Waals surface area contributed by atoms with Crippen LogP contribution in [0.15, 0.2) is 59.1 Å². The molecule has 1 aromatic heterocycles. The largest absolute Gasteiger partial charge is 0.361 e. The van der Waals surface area contributed by atoms with E-state index < -0.39 is 0 Å². The normalized spacial score (nSPS) is 10.9. The molecule has 5 heteroatoms. The number of amides is 1. The number of aromatic nitrogens is 1. The maximum absolute atomic E-state index is 12.5. The minimum absolute atomic E-state index is 0.105. The third-order valence-corrected chi connectivity index (χ3v) is 4.28. The summed E-state index contributed by atoms with van der Waals surface area (Å²) in [6, 6.07) is 17.2. The van der Waals surface area contributed by atoms with Crippen LogP contribution in [0.5, 0.6) is 0 Å². The Bertz CT molecular complexity index is 868. The molecule has 0 aliphatic heterocycles. The van der Waals surface area contributed by atoms with E-state index in [1.807, 2.05) is 75.5 Å². The fourth-order valence-electron chi connectivity index (χ4n) is 2.90. The molecular formula is C21H23N3O2. The van der Waals surface area contributed by atoms with Crippen molar-refractivity contribution < 1.29 is 9.32 Å². The first-order valence-electron chi connectivity index (χ1n) is 8.58. The van der Waals surface area contributed by atoms with Gasteiger partial charge in [-0.1, -0.05) is 35.5 Å². The van der Waals surface area contributed by atoms with Gasteiger partial charge >= 0.3 is 0 Å². The molecule has 1 heterocycles. The number of hydrogen-bond donors (Lipinski definition) is 1. The fourth-order valence-corrected chi connectivity index (χ4v) is 2.90. The zero-order chi connectivity index (χ0) is 18.5. The van der Waals surface area contributed by atoms with Crippen LogP contribution in [0.4, 0.5) is 5.69 Å². The molecule has 26 heavy (non-hydrogen) atoms. The van der Waals surface area contributed by atoms with Crippen molar-refractivity contribution in [2.75, 3.05) is 12.4 Å². The molecule has 3 aromatic rings. The number of anilines is 1. The summed E-state index contributed by atoms with van der Waals surface area (Å²) in [6.45, 7) is 5.37. The molecule has 0 spiro atoms. The van der Waals surface area contributed by atoms with Crippen LogP contribution in [0.1, 0.15) is 32.9 Å². The molecule has 0 radical (unpaired) electrons. The summed E-state index contributed by atoms with van der Waals surface area (Å²) in [4.78, 5) is 14.6. The summed E-state index contributed by atoms with van der Waals surface area (Å²) >= 11 is 0. The van der Waals surface area contributed by atoms with Gasteiger partial charge in [0.05, 0.1) is 5.69 Å². The minimum atomic E-state index is -0.105. The molecule has 0 aliphatic carbocycles. The highest BCUT2D eigenvalue weighted by molar-refractivity contribution is 6.04. The van der Waals surface area contributed by atoms with E-state index in [0.29, 0.717) is 5.56 Å². The van der Waals surface area contributed by atoms with Gasteiger partial charge in [-0.15, -0.1) is 0 Å². The van der Waals surface area contributed by atoms with Crippen molar-refractivity contribution >= 4 is 11.6 Å². The van der Waals surface area contributed by atoms with Crippen molar-refractivity contribution in [3.8, 4) is 0 Å². The molecule has 0 bridgehead atoms. The van der Waals surface area contributed by atoms with Crippen LogP contribution in [0.25, 0.3) is 0 Å². The summed E-state index contributed by atoms with van der Waals surface area (Å²) in [5, 5.41) is 6.92. The van der Waals surface area contributed by atoms with Crippen LogP contribution < -0.4 is 5.32 Å². The third-order valence-electron chi connectivity index (χ3n) is 4.28. The van der Waals surface area contributed by atoms with Gasteiger partial charge in [0.2, 0.25) is 0 Å². The zero-order valence-corrected chi connectivity index (χ0v) is 15.3. The van der Waals surface area contributed by atoms with E-state index in [9.17, 15) is 4.79 Å². The molecule has 134 valence electrons. The van der Waals surface area contributed by atoms with Gasteiger partial charge in [0.25, 0.3) is 5.91 Å². The Morgan fingerprint density at radius 1 is 1.08 bits per heavy atom. The Labute approximate surface area is 153 Å². The van der Waals surface area contributed by atoms with Crippen LogP contribution in [0, 0.1) is 13.8 Å². The number of aryl methyl sites for hydroxylation is 2. The van der Waals surface area contributed by atoms with Gasteiger partial charge in [-0.2, -0.15) is 0 Å². The van der Waals surface area contributed by atoms with Gasteiger partial charge in [-0.25, -0.2) is 0 Å². The summed E-state index contributed by atoms with van der Waals surface area (Å²) in [5.74, 6) is 0.747. The molecule has 2 aromatic carbocycles. The number of carbonyl (C=O) groups is 1. The maximum Gasteiger partial charge on any atom is 0.255 e. The number of rotatable bonds is 6. The topological polar surface area (TPSA) is 58.4 Å². The lowest BCUT2D eigenvalue weighted by atomic mass is 10.1. The molecule has 0 aliphatic rings. The monoisotopic (exact) mass is 349 g/mol. The number of benzene rings is 2. The van der Waals surface area contributed by atoms with Crippen molar-refractivity contribution in [2.45, 2.75) is 26.9 Å². The van der Waals surface area contributed by atoms with Crippen LogP contribution in [0.2, 0.25) is 0 Å². The summed E-state index contributed by atoms with van der Waals surface area (Å²) < 4.78 is 5.22. The van der Waals surface area contributed by atoms with Gasteiger partial charge in [-0.05, 0) is 50.7 Å². The van der Waals surface area contributed by atoms with Gasteiger partial charge in [0.1, 0.15) is 5.76 Å². The molecule has 5 nitrogen and oxygen atoms in total. The molecule has 1 N–H and O–H groups in total. The molecule has 0 saturated heterocycles. The van der Waals surface area contributed by atoms with Crippen LogP contribution in [-0.4, -0.2) is 23.0 Å². The standard InChI is InChI=1S/C21H23N3O2/c1-15-20(16(2)26-23-15)14-24(3)13-17-8-7-9-18(12-17)21(25)22-19-10-5-4-6-11-19/h4-12H,13-14H2,1-3H3,(H,22,25). The smallest absolute Gasteiger partial charge is 0.255 e. The van der Waals surface area contributed by atoms with E-state index in [-0.39, 0.29) is 5.91 Å². The molecular weight excluding hydrogens is 326 g/mol. The second kappa shape index (κ2) is 7.97. The Kier molecular flexibility index (Phi) is 5.49. The first-order valence-corrected chi connectivity index (χ1v) is 8.58. The number of para-hydroxylation sites is 1. The predicted octanol–water partition coefficient (Wildman–Crippen LogP) is 4.18. The van der Waals surface area contributed by atoms with E-state index in [0.717, 1.165) is 41.4 Å². The first-order chi connectivity index (χ1) is 12.5. The van der Waals surface area contributed by atoms with E-state index in [2.05, 4.69) is 15.4 Å². The molecule has 0 fully saturated rings. The van der Waals surface area contributed by atoms with Crippen molar-refractivity contribution in [2.24, 2.45) is 0 Å². The van der Waals surface area contributed by atoms with Gasteiger partial charge in [0, 0.05) is 29.9 Å². The van der Waals surface area contributed by atoms with E-state index in [1.54, 1.807) is 0 Å². The van der Waals surface area contributed by atoms with E-state index in [4.69, 9.17) is 4.52 Å². The average Bonchev–Trinajstić information content (AvgIpc) is 2.94. The summed E-state index contributed by atoms with van der Waals surface area (Å²) in [6.07, 6.45) is 0.